The van der Waals surface area contributed by atoms with Crippen molar-refractivity contribution in [3.63, 3.8) is 0 Å². The van der Waals surface area contributed by atoms with Crippen molar-refractivity contribution < 1.29 is 9.59 Å². The molecule has 2 aromatic rings. The van der Waals surface area contributed by atoms with Crippen molar-refractivity contribution in [1.29, 1.82) is 0 Å². The highest BCUT2D eigenvalue weighted by atomic mass is 35.5. The Morgan fingerprint density at radius 2 is 2.17 bits per heavy atom. The van der Waals surface area contributed by atoms with Crippen LogP contribution in [0.4, 0.5) is 5.69 Å². The SMILES string of the molecule is CC(=O)N1CCCC(C(=O)Nc2cccc3c(Cl)c(C)cnc23)C1. The summed E-state index contributed by atoms with van der Waals surface area (Å²) in [5, 5.41) is 4.43. The molecular formula is C18H20ClN3O2. The van der Waals surface area contributed by atoms with E-state index >= 15 is 0 Å². The molecule has 1 aromatic heterocycles. The number of pyridine rings is 1. The number of nitrogens with zero attached hydrogens (tertiary/aromatic N) is 2. The summed E-state index contributed by atoms with van der Waals surface area (Å²) in [6.45, 7) is 4.64. The van der Waals surface area contributed by atoms with Crippen LogP contribution in [-0.4, -0.2) is 34.8 Å². The fraction of sp³-hybridized carbons (Fsp3) is 0.389. The van der Waals surface area contributed by atoms with Crippen molar-refractivity contribution in [2.24, 2.45) is 5.92 Å². The zero-order valence-corrected chi connectivity index (χ0v) is 14.6. The zero-order valence-electron chi connectivity index (χ0n) is 13.8. The summed E-state index contributed by atoms with van der Waals surface area (Å²) < 4.78 is 0. The molecule has 1 fully saturated rings. The monoisotopic (exact) mass is 345 g/mol. The van der Waals surface area contributed by atoms with Crippen molar-refractivity contribution >= 4 is 40.0 Å². The minimum absolute atomic E-state index is 0.0154. The smallest absolute Gasteiger partial charge is 0.229 e. The van der Waals surface area contributed by atoms with Gasteiger partial charge in [-0.2, -0.15) is 0 Å². The minimum Gasteiger partial charge on any atom is -0.342 e. The third-order valence-corrected chi connectivity index (χ3v) is 5.00. The molecule has 24 heavy (non-hydrogen) atoms. The van der Waals surface area contributed by atoms with Gasteiger partial charge in [0.15, 0.2) is 0 Å². The van der Waals surface area contributed by atoms with Crippen LogP contribution < -0.4 is 5.32 Å². The van der Waals surface area contributed by atoms with E-state index in [0.29, 0.717) is 22.8 Å². The first-order chi connectivity index (χ1) is 11.5. The lowest BCUT2D eigenvalue weighted by molar-refractivity contribution is -0.132. The molecule has 2 amide bonds. The summed E-state index contributed by atoms with van der Waals surface area (Å²) >= 11 is 6.34. The molecule has 0 saturated carbocycles. The Labute approximate surface area is 146 Å². The number of aryl methyl sites for hydroxylation is 1. The molecule has 1 N–H and O–H groups in total. The van der Waals surface area contributed by atoms with Crippen LogP contribution in [0.2, 0.25) is 5.02 Å². The van der Waals surface area contributed by atoms with Gasteiger partial charge >= 0.3 is 0 Å². The number of aromatic nitrogens is 1. The number of piperidine rings is 1. The van der Waals surface area contributed by atoms with Crippen LogP contribution in [0.25, 0.3) is 10.9 Å². The van der Waals surface area contributed by atoms with Crippen molar-refractivity contribution in [2.45, 2.75) is 26.7 Å². The number of hydrogen-bond donors (Lipinski definition) is 1. The molecule has 1 aliphatic heterocycles. The molecule has 1 atom stereocenters. The average molecular weight is 346 g/mol. The molecule has 1 unspecified atom stereocenters. The van der Waals surface area contributed by atoms with E-state index in [0.717, 1.165) is 30.3 Å². The first-order valence-corrected chi connectivity index (χ1v) is 8.45. The van der Waals surface area contributed by atoms with E-state index in [4.69, 9.17) is 11.6 Å². The quantitative estimate of drug-likeness (QED) is 0.907. The van der Waals surface area contributed by atoms with Gasteiger partial charge < -0.3 is 10.2 Å². The van der Waals surface area contributed by atoms with Crippen LogP contribution in [0.15, 0.2) is 24.4 Å². The molecule has 3 rings (SSSR count). The first-order valence-electron chi connectivity index (χ1n) is 8.07. The van der Waals surface area contributed by atoms with Gasteiger partial charge in [-0.25, -0.2) is 0 Å². The van der Waals surface area contributed by atoms with Gasteiger partial charge in [-0.3, -0.25) is 14.6 Å². The van der Waals surface area contributed by atoms with E-state index < -0.39 is 0 Å². The predicted octanol–water partition coefficient (Wildman–Crippen LogP) is 3.39. The number of hydrogen-bond acceptors (Lipinski definition) is 3. The molecule has 1 saturated heterocycles. The van der Waals surface area contributed by atoms with E-state index in [1.54, 1.807) is 18.0 Å². The molecule has 0 radical (unpaired) electrons. The summed E-state index contributed by atoms with van der Waals surface area (Å²) in [6.07, 6.45) is 3.34. The molecular weight excluding hydrogens is 326 g/mol. The standard InChI is InChI=1S/C18H20ClN3O2/c1-11-9-20-17-14(16(11)19)6-3-7-15(17)21-18(24)13-5-4-8-22(10-13)12(2)23/h3,6-7,9,13H,4-5,8,10H2,1-2H3,(H,21,24). The lowest BCUT2D eigenvalue weighted by atomic mass is 9.97. The molecule has 0 spiro atoms. The Morgan fingerprint density at radius 3 is 2.92 bits per heavy atom. The highest BCUT2D eigenvalue weighted by Gasteiger charge is 2.27. The van der Waals surface area contributed by atoms with Gasteiger partial charge in [0.25, 0.3) is 0 Å². The van der Waals surface area contributed by atoms with Crippen LogP contribution in [0.3, 0.4) is 0 Å². The maximum atomic E-state index is 12.6. The number of benzene rings is 1. The molecule has 1 aliphatic rings. The molecule has 126 valence electrons. The van der Waals surface area contributed by atoms with E-state index in [1.807, 2.05) is 25.1 Å². The lowest BCUT2D eigenvalue weighted by Gasteiger charge is -2.31. The third kappa shape index (κ3) is 3.22. The van der Waals surface area contributed by atoms with Gasteiger partial charge in [0.2, 0.25) is 11.8 Å². The number of fused-ring (bicyclic) bond motifs is 1. The molecule has 2 heterocycles. The average Bonchev–Trinajstić information content (AvgIpc) is 2.58. The fourth-order valence-corrected chi connectivity index (χ4v) is 3.30. The van der Waals surface area contributed by atoms with Crippen molar-refractivity contribution in [1.82, 2.24) is 9.88 Å². The van der Waals surface area contributed by atoms with Crippen LogP contribution >= 0.6 is 11.6 Å². The second-order valence-electron chi connectivity index (χ2n) is 6.25. The van der Waals surface area contributed by atoms with E-state index in [1.165, 1.54) is 0 Å². The summed E-state index contributed by atoms with van der Waals surface area (Å²) in [5.74, 6) is -0.257. The second-order valence-corrected chi connectivity index (χ2v) is 6.63. The Bertz CT molecular complexity index is 806. The largest absolute Gasteiger partial charge is 0.342 e. The maximum absolute atomic E-state index is 12.6. The number of nitrogens with one attached hydrogen (secondary N) is 1. The number of likely N-dealkylation sites (tertiary alicyclic amines) is 1. The Morgan fingerprint density at radius 1 is 1.38 bits per heavy atom. The first kappa shape index (κ1) is 16.7. The number of anilines is 1. The minimum atomic E-state index is -0.196. The number of carbonyl (C=O) groups is 2. The highest BCUT2D eigenvalue weighted by Crippen LogP contribution is 2.30. The summed E-state index contributed by atoms with van der Waals surface area (Å²) in [7, 11) is 0. The Kier molecular flexibility index (Phi) is 4.71. The van der Waals surface area contributed by atoms with E-state index in [9.17, 15) is 9.59 Å². The van der Waals surface area contributed by atoms with Crippen LogP contribution in [0, 0.1) is 12.8 Å². The number of amides is 2. The van der Waals surface area contributed by atoms with Crippen molar-refractivity contribution in [3.05, 3.63) is 35.0 Å². The lowest BCUT2D eigenvalue weighted by Crippen LogP contribution is -2.42. The molecule has 1 aromatic carbocycles. The Hall–Kier alpha value is -2.14. The Balaban J connectivity index is 1.83. The summed E-state index contributed by atoms with van der Waals surface area (Å²) in [5.41, 5.74) is 2.23. The number of carbonyl (C=O) groups excluding carboxylic acids is 2. The number of halogens is 1. The van der Waals surface area contributed by atoms with Crippen LogP contribution in [0.1, 0.15) is 25.3 Å². The maximum Gasteiger partial charge on any atom is 0.229 e. The second kappa shape index (κ2) is 6.77. The summed E-state index contributed by atoms with van der Waals surface area (Å²) in [4.78, 5) is 30.3. The molecule has 0 bridgehead atoms. The highest BCUT2D eigenvalue weighted by molar-refractivity contribution is 6.36. The normalized spacial score (nSPS) is 17.8. The van der Waals surface area contributed by atoms with Gasteiger partial charge in [-0.05, 0) is 31.4 Å². The van der Waals surface area contributed by atoms with Crippen molar-refractivity contribution in [3.8, 4) is 0 Å². The summed E-state index contributed by atoms with van der Waals surface area (Å²) in [6, 6.07) is 5.57. The number of rotatable bonds is 2. The molecule has 5 nitrogen and oxygen atoms in total. The van der Waals surface area contributed by atoms with E-state index in [-0.39, 0.29) is 17.7 Å². The van der Waals surface area contributed by atoms with Gasteiger partial charge in [0.05, 0.1) is 22.1 Å². The van der Waals surface area contributed by atoms with E-state index in [2.05, 4.69) is 10.3 Å². The van der Waals surface area contributed by atoms with Crippen LogP contribution in [-0.2, 0) is 9.59 Å². The van der Waals surface area contributed by atoms with Gasteiger partial charge in [-0.1, -0.05) is 23.7 Å². The fourth-order valence-electron chi connectivity index (χ4n) is 3.10. The van der Waals surface area contributed by atoms with Gasteiger partial charge in [0, 0.05) is 31.6 Å². The number of para-hydroxylation sites is 1. The zero-order chi connectivity index (χ0) is 17.3. The van der Waals surface area contributed by atoms with Gasteiger partial charge in [0.1, 0.15) is 0 Å². The molecule has 0 aliphatic carbocycles. The van der Waals surface area contributed by atoms with Gasteiger partial charge in [-0.15, -0.1) is 0 Å². The molecule has 6 heteroatoms. The van der Waals surface area contributed by atoms with Crippen molar-refractivity contribution in [2.75, 3.05) is 18.4 Å². The predicted molar refractivity (Wildman–Crippen MR) is 95.1 cm³/mol. The topological polar surface area (TPSA) is 62.3 Å². The third-order valence-electron chi connectivity index (χ3n) is 4.50. The van der Waals surface area contributed by atoms with Crippen LogP contribution in [0.5, 0.6) is 0 Å².